The molecule has 0 amide bonds. The van der Waals surface area contributed by atoms with Gasteiger partial charge in [0.25, 0.3) is 0 Å². The van der Waals surface area contributed by atoms with Crippen molar-refractivity contribution in [2.45, 2.75) is 50.7 Å². The second kappa shape index (κ2) is 5.53. The Morgan fingerprint density at radius 3 is 1.65 bits per heavy atom. The van der Waals surface area contributed by atoms with Crippen molar-refractivity contribution in [2.24, 2.45) is 0 Å². The van der Waals surface area contributed by atoms with Crippen molar-refractivity contribution < 1.29 is 40.6 Å². The summed E-state index contributed by atoms with van der Waals surface area (Å²) in [5.74, 6) is 0. The van der Waals surface area contributed by atoms with Gasteiger partial charge in [-0.2, -0.15) is 26.3 Å². The molecule has 0 unspecified atom stereocenters. The van der Waals surface area contributed by atoms with Crippen LogP contribution >= 0.6 is 0 Å². The monoisotopic (exact) mass is 308 g/mol. The number of rotatable bonds is 3. The van der Waals surface area contributed by atoms with Gasteiger partial charge in [-0.25, -0.2) is 4.79 Å². The molecule has 9 heteroatoms. The topological polar surface area (TPSA) is 35.5 Å². The molecule has 0 aromatic rings. The van der Waals surface area contributed by atoms with Crippen LogP contribution in [0, 0.1) is 0 Å². The second-order valence-corrected chi connectivity index (χ2v) is 4.88. The lowest BCUT2D eigenvalue weighted by Crippen LogP contribution is -2.59. The van der Waals surface area contributed by atoms with Crippen LogP contribution in [0.2, 0.25) is 0 Å². The van der Waals surface area contributed by atoms with E-state index in [1.165, 1.54) is 20.8 Å². The minimum absolute atomic E-state index is 0.366. The van der Waals surface area contributed by atoms with Gasteiger partial charge in [-0.05, 0) is 20.8 Å². The van der Waals surface area contributed by atoms with E-state index >= 15 is 0 Å². The standard InChI is InChI=1S/C11H14F6O3/c1-5-6-9(10(12,13)14,11(15,16)17)20-7(18)19-8(2,3)4/h5H,1,6H2,2-4H3. The van der Waals surface area contributed by atoms with Gasteiger partial charge in [-0.15, -0.1) is 6.58 Å². The third-order valence-electron chi connectivity index (χ3n) is 1.99. The highest BCUT2D eigenvalue weighted by Crippen LogP contribution is 2.48. The molecule has 0 aromatic heterocycles. The van der Waals surface area contributed by atoms with Crippen LogP contribution in [0.4, 0.5) is 31.1 Å². The Balaban J connectivity index is 5.55. The molecule has 20 heavy (non-hydrogen) atoms. The van der Waals surface area contributed by atoms with Crippen molar-refractivity contribution in [1.82, 2.24) is 0 Å². The fraction of sp³-hybridized carbons (Fsp3) is 0.727. The molecule has 0 atom stereocenters. The Labute approximate surface area is 111 Å². The van der Waals surface area contributed by atoms with Crippen molar-refractivity contribution in [3.05, 3.63) is 12.7 Å². The zero-order valence-electron chi connectivity index (χ0n) is 11.0. The van der Waals surface area contributed by atoms with Crippen LogP contribution < -0.4 is 0 Å². The van der Waals surface area contributed by atoms with Gasteiger partial charge in [0.15, 0.2) is 0 Å². The molecule has 0 radical (unpaired) electrons. The molecule has 118 valence electrons. The van der Waals surface area contributed by atoms with Crippen LogP contribution in [0.25, 0.3) is 0 Å². The highest BCUT2D eigenvalue weighted by atomic mass is 19.4. The summed E-state index contributed by atoms with van der Waals surface area (Å²) in [5, 5.41) is 0. The van der Waals surface area contributed by atoms with Crippen molar-refractivity contribution in [1.29, 1.82) is 0 Å². The van der Waals surface area contributed by atoms with Crippen molar-refractivity contribution >= 4 is 6.16 Å². The van der Waals surface area contributed by atoms with E-state index in [0.717, 1.165) is 0 Å². The van der Waals surface area contributed by atoms with Crippen LogP contribution in [0.5, 0.6) is 0 Å². The van der Waals surface area contributed by atoms with E-state index in [2.05, 4.69) is 16.1 Å². The molecule has 0 N–H and O–H groups in total. The van der Waals surface area contributed by atoms with Crippen LogP contribution in [0.1, 0.15) is 27.2 Å². The number of halogens is 6. The van der Waals surface area contributed by atoms with Gasteiger partial charge in [-0.1, -0.05) is 6.08 Å². The fourth-order valence-electron chi connectivity index (χ4n) is 1.17. The lowest BCUT2D eigenvalue weighted by Gasteiger charge is -2.36. The number of alkyl halides is 6. The third kappa shape index (κ3) is 4.31. The molecule has 0 saturated heterocycles. The smallest absolute Gasteiger partial charge is 0.429 e. The zero-order chi connectivity index (χ0) is 16.4. The fourth-order valence-corrected chi connectivity index (χ4v) is 1.17. The van der Waals surface area contributed by atoms with Gasteiger partial charge in [0.05, 0.1) is 0 Å². The summed E-state index contributed by atoms with van der Waals surface area (Å²) in [6.07, 6.45) is -15.1. The van der Waals surface area contributed by atoms with E-state index in [0.29, 0.717) is 6.08 Å². The minimum Gasteiger partial charge on any atom is -0.429 e. The molecule has 0 bridgehead atoms. The summed E-state index contributed by atoms with van der Waals surface area (Å²) in [6.45, 7) is 6.63. The number of carbonyl (C=O) groups excluding carboxylic acids is 1. The maximum absolute atomic E-state index is 12.8. The van der Waals surface area contributed by atoms with Crippen molar-refractivity contribution in [3.8, 4) is 0 Å². The number of hydrogen-bond acceptors (Lipinski definition) is 3. The van der Waals surface area contributed by atoms with Crippen molar-refractivity contribution in [2.75, 3.05) is 0 Å². The van der Waals surface area contributed by atoms with Gasteiger partial charge < -0.3 is 9.47 Å². The summed E-state index contributed by atoms with van der Waals surface area (Å²) >= 11 is 0. The molecule has 0 aliphatic heterocycles. The van der Waals surface area contributed by atoms with E-state index in [9.17, 15) is 31.1 Å². The molecule has 0 aliphatic rings. The Kier molecular flexibility index (Phi) is 5.14. The molecule has 0 fully saturated rings. The maximum atomic E-state index is 12.8. The van der Waals surface area contributed by atoms with E-state index in [4.69, 9.17) is 0 Å². The molecule has 0 spiro atoms. The van der Waals surface area contributed by atoms with Crippen LogP contribution in [0.15, 0.2) is 12.7 Å². The molecule has 0 aromatic carbocycles. The molecule has 3 nitrogen and oxygen atoms in total. The first kappa shape index (κ1) is 18.6. The van der Waals surface area contributed by atoms with Crippen LogP contribution in [-0.2, 0) is 9.47 Å². The summed E-state index contributed by atoms with van der Waals surface area (Å²) in [5.41, 5.74) is -5.97. The van der Waals surface area contributed by atoms with Gasteiger partial charge in [0.2, 0.25) is 0 Å². The first-order chi connectivity index (χ1) is 8.66. The van der Waals surface area contributed by atoms with Gasteiger partial charge in [-0.3, -0.25) is 0 Å². The maximum Gasteiger partial charge on any atom is 0.510 e. The molecular weight excluding hydrogens is 294 g/mol. The van der Waals surface area contributed by atoms with Crippen molar-refractivity contribution in [3.63, 3.8) is 0 Å². The third-order valence-corrected chi connectivity index (χ3v) is 1.99. The first-order valence-electron chi connectivity index (χ1n) is 5.32. The summed E-state index contributed by atoms with van der Waals surface area (Å²) in [7, 11) is 0. The number of ether oxygens (including phenoxy) is 2. The molecule has 0 aliphatic carbocycles. The predicted octanol–water partition coefficient (Wildman–Crippen LogP) is 4.38. The Hall–Kier alpha value is -1.41. The highest BCUT2D eigenvalue weighted by molar-refractivity contribution is 5.61. The first-order valence-corrected chi connectivity index (χ1v) is 5.32. The SMILES string of the molecule is C=CCC(OC(=O)OC(C)(C)C)(C(F)(F)F)C(F)(F)F. The summed E-state index contributed by atoms with van der Waals surface area (Å²) in [6, 6.07) is 0. The van der Waals surface area contributed by atoms with E-state index in [1.54, 1.807) is 0 Å². The van der Waals surface area contributed by atoms with Crippen LogP contribution in [0.3, 0.4) is 0 Å². The molecule has 0 rings (SSSR count). The van der Waals surface area contributed by atoms with E-state index in [-0.39, 0.29) is 0 Å². The van der Waals surface area contributed by atoms with Gasteiger partial charge in [0.1, 0.15) is 5.60 Å². The summed E-state index contributed by atoms with van der Waals surface area (Å²) in [4.78, 5) is 11.2. The highest BCUT2D eigenvalue weighted by Gasteiger charge is 2.74. The average molecular weight is 308 g/mol. The van der Waals surface area contributed by atoms with Gasteiger partial charge in [0, 0.05) is 6.42 Å². The Bertz CT molecular complexity index is 350. The normalized spacial score (nSPS) is 13.8. The lowest BCUT2D eigenvalue weighted by molar-refractivity contribution is -0.367. The molecular formula is C11H14F6O3. The number of carbonyl (C=O) groups is 1. The zero-order valence-corrected chi connectivity index (χ0v) is 11.0. The largest absolute Gasteiger partial charge is 0.510 e. The quantitative estimate of drug-likeness (QED) is 0.441. The molecule has 0 heterocycles. The Morgan fingerprint density at radius 2 is 1.40 bits per heavy atom. The van der Waals surface area contributed by atoms with E-state index in [1.807, 2.05) is 0 Å². The van der Waals surface area contributed by atoms with Gasteiger partial charge >= 0.3 is 24.1 Å². The minimum atomic E-state index is -5.86. The number of hydrogen-bond donors (Lipinski definition) is 0. The van der Waals surface area contributed by atoms with E-state index < -0.39 is 36.1 Å². The predicted molar refractivity (Wildman–Crippen MR) is 57.0 cm³/mol. The second-order valence-electron chi connectivity index (χ2n) is 4.88. The summed E-state index contributed by atoms with van der Waals surface area (Å²) < 4.78 is 84.4. The molecule has 0 saturated carbocycles. The average Bonchev–Trinajstić information content (AvgIpc) is 2.09. The van der Waals surface area contributed by atoms with Crippen LogP contribution in [-0.4, -0.2) is 29.7 Å². The Morgan fingerprint density at radius 1 is 1.00 bits per heavy atom. The lowest BCUT2D eigenvalue weighted by atomic mass is 9.98.